The van der Waals surface area contributed by atoms with Crippen LogP contribution in [0, 0.1) is 11.8 Å². The molecule has 1 aromatic rings. The molecular weight excluding hydrogens is 254 g/mol. The van der Waals surface area contributed by atoms with E-state index >= 15 is 0 Å². The number of aromatic amines is 1. The van der Waals surface area contributed by atoms with Crippen LogP contribution in [-0.2, 0) is 16.1 Å². The molecule has 0 radical (unpaired) electrons. The van der Waals surface area contributed by atoms with Gasteiger partial charge in [-0.1, -0.05) is 0 Å². The van der Waals surface area contributed by atoms with Gasteiger partial charge in [0, 0.05) is 51.7 Å². The number of hydrogen-bond donors (Lipinski definition) is 1. The van der Waals surface area contributed by atoms with Crippen LogP contribution < -0.4 is 0 Å². The van der Waals surface area contributed by atoms with E-state index in [2.05, 4.69) is 16.0 Å². The molecule has 5 heteroatoms. The molecule has 2 aliphatic rings. The van der Waals surface area contributed by atoms with Crippen molar-refractivity contribution in [1.29, 1.82) is 0 Å². The summed E-state index contributed by atoms with van der Waals surface area (Å²) < 4.78 is 4.98. The van der Waals surface area contributed by atoms with Crippen molar-refractivity contribution in [2.24, 2.45) is 11.8 Å². The fourth-order valence-electron chi connectivity index (χ4n) is 3.48. The van der Waals surface area contributed by atoms with Crippen LogP contribution in [-0.4, -0.2) is 60.6 Å². The number of aromatic nitrogens is 1. The fourth-order valence-corrected chi connectivity index (χ4v) is 3.48. The van der Waals surface area contributed by atoms with Crippen molar-refractivity contribution < 1.29 is 9.53 Å². The standard InChI is InChI=1S/C15H23N3O2/c1-20-6-4-15(19)18-9-12-7-17(8-13(12)10-18)11-14-3-2-5-16-14/h2-3,5,12-13,16H,4,6-11H2,1H3. The minimum absolute atomic E-state index is 0.247. The molecule has 0 aromatic carbocycles. The van der Waals surface area contributed by atoms with Gasteiger partial charge in [0.2, 0.25) is 5.91 Å². The van der Waals surface area contributed by atoms with Gasteiger partial charge in [-0.05, 0) is 24.0 Å². The molecule has 1 N–H and O–H groups in total. The zero-order valence-electron chi connectivity index (χ0n) is 12.0. The monoisotopic (exact) mass is 277 g/mol. The summed E-state index contributed by atoms with van der Waals surface area (Å²) in [6, 6.07) is 4.18. The van der Waals surface area contributed by atoms with Gasteiger partial charge in [-0.3, -0.25) is 9.69 Å². The van der Waals surface area contributed by atoms with E-state index in [9.17, 15) is 4.79 Å². The average Bonchev–Trinajstić information content (AvgIpc) is 3.11. The number of nitrogens with zero attached hydrogens (tertiary/aromatic N) is 2. The van der Waals surface area contributed by atoms with E-state index in [0.717, 1.165) is 32.7 Å². The summed E-state index contributed by atoms with van der Waals surface area (Å²) in [6.07, 6.45) is 2.49. The van der Waals surface area contributed by atoms with Crippen LogP contribution in [0.3, 0.4) is 0 Å². The molecule has 3 rings (SSSR count). The first-order valence-electron chi connectivity index (χ1n) is 7.37. The molecule has 2 saturated heterocycles. The minimum atomic E-state index is 0.247. The molecule has 3 heterocycles. The number of carbonyl (C=O) groups excluding carboxylic acids is 1. The highest BCUT2D eigenvalue weighted by Crippen LogP contribution is 2.31. The zero-order chi connectivity index (χ0) is 13.9. The van der Waals surface area contributed by atoms with Crippen LogP contribution in [0.4, 0.5) is 0 Å². The third-order valence-electron chi connectivity index (χ3n) is 4.49. The highest BCUT2D eigenvalue weighted by atomic mass is 16.5. The van der Waals surface area contributed by atoms with E-state index in [1.807, 2.05) is 17.2 Å². The summed E-state index contributed by atoms with van der Waals surface area (Å²) >= 11 is 0. The van der Waals surface area contributed by atoms with Crippen molar-refractivity contribution in [3.05, 3.63) is 24.0 Å². The number of H-pyrrole nitrogens is 1. The van der Waals surface area contributed by atoms with Crippen LogP contribution >= 0.6 is 0 Å². The molecule has 0 aliphatic carbocycles. The molecule has 2 atom stereocenters. The molecule has 1 amide bonds. The lowest BCUT2D eigenvalue weighted by atomic mass is 10.0. The maximum Gasteiger partial charge on any atom is 0.224 e. The molecule has 110 valence electrons. The van der Waals surface area contributed by atoms with Crippen LogP contribution in [0.1, 0.15) is 12.1 Å². The first kappa shape index (κ1) is 13.6. The third kappa shape index (κ3) is 2.88. The van der Waals surface area contributed by atoms with E-state index in [1.165, 1.54) is 5.69 Å². The van der Waals surface area contributed by atoms with Crippen molar-refractivity contribution in [2.75, 3.05) is 39.9 Å². The van der Waals surface area contributed by atoms with Crippen LogP contribution in [0.15, 0.2) is 18.3 Å². The molecule has 2 unspecified atom stereocenters. The normalized spacial score (nSPS) is 26.1. The highest BCUT2D eigenvalue weighted by Gasteiger charge is 2.41. The molecule has 0 spiro atoms. The number of nitrogens with one attached hydrogen (secondary N) is 1. The largest absolute Gasteiger partial charge is 0.384 e. The second-order valence-corrected chi connectivity index (χ2v) is 5.95. The molecule has 0 bridgehead atoms. The molecule has 1 aromatic heterocycles. The van der Waals surface area contributed by atoms with Crippen molar-refractivity contribution >= 4 is 5.91 Å². The Kier molecular flexibility index (Phi) is 4.08. The van der Waals surface area contributed by atoms with E-state index < -0.39 is 0 Å². The van der Waals surface area contributed by atoms with Gasteiger partial charge in [-0.2, -0.15) is 0 Å². The smallest absolute Gasteiger partial charge is 0.224 e. The summed E-state index contributed by atoms with van der Waals surface area (Å²) in [7, 11) is 1.64. The Balaban J connectivity index is 1.48. The Morgan fingerprint density at radius 2 is 2.10 bits per heavy atom. The van der Waals surface area contributed by atoms with Crippen molar-refractivity contribution in [3.63, 3.8) is 0 Å². The van der Waals surface area contributed by atoms with Crippen molar-refractivity contribution in [2.45, 2.75) is 13.0 Å². The Hall–Kier alpha value is -1.33. The summed E-state index contributed by atoms with van der Waals surface area (Å²) in [4.78, 5) is 19.8. The van der Waals surface area contributed by atoms with Crippen molar-refractivity contribution in [3.8, 4) is 0 Å². The second kappa shape index (κ2) is 5.97. The summed E-state index contributed by atoms with van der Waals surface area (Å²) in [5.74, 6) is 1.55. The molecule has 0 saturated carbocycles. The summed E-state index contributed by atoms with van der Waals surface area (Å²) in [5, 5.41) is 0. The number of likely N-dealkylation sites (tertiary alicyclic amines) is 2. The summed E-state index contributed by atoms with van der Waals surface area (Å²) in [5.41, 5.74) is 1.28. The van der Waals surface area contributed by atoms with Crippen LogP contribution in [0.5, 0.6) is 0 Å². The highest BCUT2D eigenvalue weighted by molar-refractivity contribution is 5.76. The molecule has 20 heavy (non-hydrogen) atoms. The minimum Gasteiger partial charge on any atom is -0.384 e. The maximum absolute atomic E-state index is 12.0. The molecule has 5 nitrogen and oxygen atoms in total. The number of fused-ring (bicyclic) bond motifs is 1. The molecule has 2 aliphatic heterocycles. The zero-order valence-corrected chi connectivity index (χ0v) is 12.0. The van der Waals surface area contributed by atoms with Crippen LogP contribution in [0.25, 0.3) is 0 Å². The number of amides is 1. The van der Waals surface area contributed by atoms with E-state index in [-0.39, 0.29) is 5.91 Å². The first-order valence-corrected chi connectivity index (χ1v) is 7.37. The predicted molar refractivity (Wildman–Crippen MR) is 76.1 cm³/mol. The topological polar surface area (TPSA) is 48.6 Å². The number of rotatable bonds is 5. The lowest BCUT2D eigenvalue weighted by molar-refractivity contribution is -0.131. The Morgan fingerprint density at radius 1 is 1.35 bits per heavy atom. The SMILES string of the molecule is COCCC(=O)N1CC2CN(Cc3ccc[nH]3)CC2C1. The number of methoxy groups -OCH3 is 1. The maximum atomic E-state index is 12.0. The van der Waals surface area contributed by atoms with E-state index in [4.69, 9.17) is 4.74 Å². The van der Waals surface area contributed by atoms with E-state index in [0.29, 0.717) is 24.9 Å². The van der Waals surface area contributed by atoms with Gasteiger partial charge in [-0.15, -0.1) is 0 Å². The fraction of sp³-hybridized carbons (Fsp3) is 0.667. The quantitative estimate of drug-likeness (QED) is 0.871. The van der Waals surface area contributed by atoms with E-state index in [1.54, 1.807) is 7.11 Å². The van der Waals surface area contributed by atoms with Gasteiger partial charge in [0.15, 0.2) is 0 Å². The number of carbonyl (C=O) groups is 1. The van der Waals surface area contributed by atoms with Gasteiger partial charge < -0.3 is 14.6 Å². The van der Waals surface area contributed by atoms with Crippen LogP contribution in [0.2, 0.25) is 0 Å². The Morgan fingerprint density at radius 3 is 2.70 bits per heavy atom. The lowest BCUT2D eigenvalue weighted by Gasteiger charge is -2.21. The summed E-state index contributed by atoms with van der Waals surface area (Å²) in [6.45, 7) is 5.60. The van der Waals surface area contributed by atoms with Gasteiger partial charge >= 0.3 is 0 Å². The third-order valence-corrected chi connectivity index (χ3v) is 4.49. The van der Waals surface area contributed by atoms with Gasteiger partial charge in [0.1, 0.15) is 0 Å². The Bertz CT molecular complexity index is 432. The Labute approximate surface area is 119 Å². The second-order valence-electron chi connectivity index (χ2n) is 5.95. The molecule has 2 fully saturated rings. The molecular formula is C15H23N3O2. The average molecular weight is 277 g/mol. The number of hydrogen-bond acceptors (Lipinski definition) is 3. The van der Waals surface area contributed by atoms with Crippen molar-refractivity contribution in [1.82, 2.24) is 14.8 Å². The lowest BCUT2D eigenvalue weighted by Crippen LogP contribution is -2.33. The van der Waals surface area contributed by atoms with Gasteiger partial charge in [0.05, 0.1) is 13.0 Å². The predicted octanol–water partition coefficient (Wildman–Crippen LogP) is 0.941. The first-order chi connectivity index (χ1) is 9.76. The van der Waals surface area contributed by atoms with Gasteiger partial charge in [-0.25, -0.2) is 0 Å². The van der Waals surface area contributed by atoms with Gasteiger partial charge in [0.25, 0.3) is 0 Å². The number of ether oxygens (including phenoxy) is 1.